The average Bonchev–Trinajstić information content (AvgIpc) is 3.13. The Labute approximate surface area is 286 Å². The van der Waals surface area contributed by atoms with E-state index in [4.69, 9.17) is 0 Å². The lowest BCUT2D eigenvalue weighted by Crippen LogP contribution is -2.48. The van der Waals surface area contributed by atoms with Gasteiger partial charge in [-0.15, -0.1) is 0 Å². The molecule has 4 aromatic rings. The van der Waals surface area contributed by atoms with Crippen molar-refractivity contribution in [1.29, 1.82) is 0 Å². The predicted octanol–water partition coefficient (Wildman–Crippen LogP) is 10.7. The third-order valence-electron chi connectivity index (χ3n) is 13.6. The molecule has 0 spiro atoms. The SMILES string of the molecule is CC(C1CCCCC1)(C1CCC(c2ccc(O)cc2)(c2ccc(O)cc2)CC1)C1CCC(c2ccc(O)cc2)(c2ccc(O)cc2)CC1. The van der Waals surface area contributed by atoms with Gasteiger partial charge in [0.05, 0.1) is 0 Å². The van der Waals surface area contributed by atoms with Crippen LogP contribution in [0.3, 0.4) is 0 Å². The van der Waals surface area contributed by atoms with Gasteiger partial charge in [-0.25, -0.2) is 0 Å². The summed E-state index contributed by atoms with van der Waals surface area (Å²) < 4.78 is 0. The van der Waals surface area contributed by atoms with Gasteiger partial charge in [0.1, 0.15) is 23.0 Å². The van der Waals surface area contributed by atoms with Crippen LogP contribution in [0.4, 0.5) is 0 Å². The average molecular weight is 645 g/mol. The van der Waals surface area contributed by atoms with E-state index in [1.54, 1.807) is 0 Å². The van der Waals surface area contributed by atoms with Gasteiger partial charge in [0.25, 0.3) is 0 Å². The van der Waals surface area contributed by atoms with Gasteiger partial charge >= 0.3 is 0 Å². The number of aromatic hydroxyl groups is 4. The van der Waals surface area contributed by atoms with E-state index in [9.17, 15) is 20.4 Å². The summed E-state index contributed by atoms with van der Waals surface area (Å²) in [6.45, 7) is 2.68. The third kappa shape index (κ3) is 5.86. The molecule has 0 heterocycles. The Bertz CT molecular complexity index is 1420. The highest BCUT2D eigenvalue weighted by Crippen LogP contribution is 2.61. The Morgan fingerprint density at radius 3 is 0.917 bits per heavy atom. The topological polar surface area (TPSA) is 80.9 Å². The molecule has 4 aromatic carbocycles. The molecule has 0 aromatic heterocycles. The lowest BCUT2D eigenvalue weighted by atomic mass is 9.48. The molecule has 0 radical (unpaired) electrons. The summed E-state index contributed by atoms with van der Waals surface area (Å²) in [6.07, 6.45) is 15.7. The number of hydrogen-bond donors (Lipinski definition) is 4. The zero-order chi connectivity index (χ0) is 33.4. The molecule has 3 fully saturated rings. The molecule has 3 saturated carbocycles. The molecule has 4 heteroatoms. The molecular weight excluding hydrogens is 592 g/mol. The normalized spacial score (nSPS) is 20.8. The second-order valence-electron chi connectivity index (χ2n) is 15.6. The smallest absolute Gasteiger partial charge is 0.115 e. The molecule has 0 saturated heterocycles. The number of phenolic OH excluding ortho intramolecular Hbond substituents is 4. The van der Waals surface area contributed by atoms with Crippen molar-refractivity contribution in [3.63, 3.8) is 0 Å². The fourth-order valence-corrected chi connectivity index (χ4v) is 10.8. The largest absolute Gasteiger partial charge is 0.508 e. The van der Waals surface area contributed by atoms with E-state index in [0.717, 1.165) is 31.6 Å². The molecule has 0 unspecified atom stereocenters. The van der Waals surface area contributed by atoms with Crippen LogP contribution in [0.1, 0.15) is 113 Å². The lowest BCUT2D eigenvalue weighted by Gasteiger charge is -2.56. The predicted molar refractivity (Wildman–Crippen MR) is 193 cm³/mol. The van der Waals surface area contributed by atoms with Gasteiger partial charge in [0, 0.05) is 10.8 Å². The fraction of sp³-hybridized carbons (Fsp3) is 0.455. The van der Waals surface area contributed by atoms with Crippen molar-refractivity contribution in [3.8, 4) is 23.0 Å². The molecule has 7 rings (SSSR count). The zero-order valence-corrected chi connectivity index (χ0v) is 28.5. The van der Waals surface area contributed by atoms with Crippen LogP contribution < -0.4 is 0 Å². The van der Waals surface area contributed by atoms with Gasteiger partial charge in [-0.05, 0) is 158 Å². The van der Waals surface area contributed by atoms with Crippen molar-refractivity contribution in [2.75, 3.05) is 0 Å². The molecule has 3 aliphatic carbocycles. The maximum absolute atomic E-state index is 10.1. The van der Waals surface area contributed by atoms with E-state index >= 15 is 0 Å². The van der Waals surface area contributed by atoms with Crippen LogP contribution in [-0.2, 0) is 10.8 Å². The van der Waals surface area contributed by atoms with E-state index in [-0.39, 0.29) is 16.2 Å². The van der Waals surface area contributed by atoms with E-state index in [1.807, 2.05) is 48.5 Å². The first kappa shape index (κ1) is 32.6. The summed E-state index contributed by atoms with van der Waals surface area (Å²) in [7, 11) is 0. The minimum Gasteiger partial charge on any atom is -0.508 e. The van der Waals surface area contributed by atoms with Crippen molar-refractivity contribution < 1.29 is 20.4 Å². The second kappa shape index (κ2) is 13.2. The maximum atomic E-state index is 10.1. The van der Waals surface area contributed by atoms with Crippen LogP contribution in [0.25, 0.3) is 0 Å². The van der Waals surface area contributed by atoms with Gasteiger partial charge in [-0.1, -0.05) is 74.7 Å². The summed E-state index contributed by atoms with van der Waals surface area (Å²) in [6, 6.07) is 31.5. The third-order valence-corrected chi connectivity index (χ3v) is 13.6. The van der Waals surface area contributed by atoms with E-state index in [1.165, 1.54) is 80.0 Å². The summed E-state index contributed by atoms with van der Waals surface area (Å²) in [5.74, 6) is 3.21. The Morgan fingerprint density at radius 2 is 0.646 bits per heavy atom. The van der Waals surface area contributed by atoms with Gasteiger partial charge in [-0.2, -0.15) is 0 Å². The highest BCUT2D eigenvalue weighted by atomic mass is 16.3. The molecule has 0 bridgehead atoms. The molecule has 4 nitrogen and oxygen atoms in total. The maximum Gasteiger partial charge on any atom is 0.115 e. The minimum atomic E-state index is -0.134. The van der Waals surface area contributed by atoms with Crippen LogP contribution in [-0.4, -0.2) is 20.4 Å². The first-order valence-corrected chi connectivity index (χ1v) is 18.4. The monoisotopic (exact) mass is 644 g/mol. The lowest BCUT2D eigenvalue weighted by molar-refractivity contribution is -0.0434. The molecule has 3 aliphatic rings. The Balaban J connectivity index is 1.20. The summed E-state index contributed by atoms with van der Waals surface area (Å²) in [5, 5.41) is 40.5. The summed E-state index contributed by atoms with van der Waals surface area (Å²) in [4.78, 5) is 0. The molecule has 4 N–H and O–H groups in total. The van der Waals surface area contributed by atoms with Crippen molar-refractivity contribution in [2.45, 2.75) is 101 Å². The van der Waals surface area contributed by atoms with Gasteiger partial charge in [0.15, 0.2) is 0 Å². The van der Waals surface area contributed by atoms with Gasteiger partial charge < -0.3 is 20.4 Å². The van der Waals surface area contributed by atoms with Crippen molar-refractivity contribution in [1.82, 2.24) is 0 Å². The fourth-order valence-electron chi connectivity index (χ4n) is 10.8. The first-order chi connectivity index (χ1) is 23.2. The number of hydrogen-bond acceptors (Lipinski definition) is 4. The molecule has 252 valence electrons. The molecular formula is C44H52O4. The highest BCUT2D eigenvalue weighted by Gasteiger charge is 2.52. The highest BCUT2D eigenvalue weighted by molar-refractivity contribution is 5.45. The minimum absolute atomic E-state index is 0.134. The molecule has 0 aliphatic heterocycles. The zero-order valence-electron chi connectivity index (χ0n) is 28.5. The number of rotatable bonds is 7. The second-order valence-corrected chi connectivity index (χ2v) is 15.6. The Hall–Kier alpha value is -3.92. The Kier molecular flexibility index (Phi) is 8.96. The van der Waals surface area contributed by atoms with E-state index in [2.05, 4.69) is 55.5 Å². The summed E-state index contributed by atoms with van der Waals surface area (Å²) >= 11 is 0. The van der Waals surface area contributed by atoms with Crippen molar-refractivity contribution >= 4 is 0 Å². The number of phenols is 4. The van der Waals surface area contributed by atoms with Gasteiger partial charge in [0.2, 0.25) is 0 Å². The van der Waals surface area contributed by atoms with Crippen LogP contribution in [0.2, 0.25) is 0 Å². The van der Waals surface area contributed by atoms with Crippen molar-refractivity contribution in [2.24, 2.45) is 23.2 Å². The molecule has 0 amide bonds. The van der Waals surface area contributed by atoms with Crippen LogP contribution >= 0.6 is 0 Å². The molecule has 48 heavy (non-hydrogen) atoms. The van der Waals surface area contributed by atoms with E-state index in [0.29, 0.717) is 34.8 Å². The summed E-state index contributed by atoms with van der Waals surface area (Å²) in [5.41, 5.74) is 5.02. The first-order valence-electron chi connectivity index (χ1n) is 18.4. The quantitative estimate of drug-likeness (QED) is 0.161. The van der Waals surface area contributed by atoms with Crippen LogP contribution in [0.15, 0.2) is 97.1 Å². The van der Waals surface area contributed by atoms with Gasteiger partial charge in [-0.3, -0.25) is 0 Å². The number of benzene rings is 4. The Morgan fingerprint density at radius 1 is 0.396 bits per heavy atom. The standard InChI is InChI=1S/C44H52O4/c1-42(31-5-3-2-4-6-31,32-23-27-43(28-24-32,34-7-15-38(45)16-8-34)35-9-17-39(46)18-10-35)33-25-29-44(30-26-33,36-11-19-40(47)20-12-36)37-13-21-41(48)22-14-37/h7-22,31-33,45-48H,2-6,23-30H2,1H3. The molecule has 0 atom stereocenters. The van der Waals surface area contributed by atoms with E-state index < -0.39 is 0 Å². The van der Waals surface area contributed by atoms with Crippen LogP contribution in [0, 0.1) is 23.2 Å². The van der Waals surface area contributed by atoms with Crippen molar-refractivity contribution in [3.05, 3.63) is 119 Å². The van der Waals surface area contributed by atoms with Crippen LogP contribution in [0.5, 0.6) is 23.0 Å².